The third-order valence-corrected chi connectivity index (χ3v) is 3.46. The van der Waals surface area contributed by atoms with Crippen LogP contribution in [0.25, 0.3) is 0 Å². The molecule has 0 saturated carbocycles. The van der Waals surface area contributed by atoms with Crippen LogP contribution < -0.4 is 5.14 Å². The van der Waals surface area contributed by atoms with Gasteiger partial charge in [-0.3, -0.25) is 4.68 Å². The van der Waals surface area contributed by atoms with E-state index in [0.717, 1.165) is 0 Å². The maximum absolute atomic E-state index is 11.1. The molecule has 0 unspecified atom stereocenters. The Morgan fingerprint density at radius 2 is 2.25 bits per heavy atom. The molecule has 0 amide bonds. The van der Waals surface area contributed by atoms with Crippen LogP contribution in [-0.4, -0.2) is 38.5 Å². The Balaban J connectivity index is 2.47. The summed E-state index contributed by atoms with van der Waals surface area (Å²) in [6.07, 6.45) is 0. The smallest absolute Gasteiger partial charge is 0.257 e. The lowest BCUT2D eigenvalue weighted by atomic mass is 9.97. The van der Waals surface area contributed by atoms with Crippen molar-refractivity contribution in [3.05, 3.63) is 11.8 Å². The number of sulfonamides is 1. The van der Waals surface area contributed by atoms with E-state index in [1.165, 1.54) is 10.7 Å². The first kappa shape index (κ1) is 11.5. The first-order chi connectivity index (χ1) is 7.39. The van der Waals surface area contributed by atoms with Gasteiger partial charge in [0.1, 0.15) is 0 Å². The van der Waals surface area contributed by atoms with E-state index in [-0.39, 0.29) is 5.03 Å². The predicted octanol–water partition coefficient (Wildman–Crippen LogP) is -1.06. The van der Waals surface area contributed by atoms with Gasteiger partial charge in [0.05, 0.1) is 18.9 Å². The average molecular weight is 247 g/mol. The highest BCUT2D eigenvalue weighted by Crippen LogP contribution is 2.33. The molecule has 0 atom stereocenters. The molecule has 0 radical (unpaired) electrons. The minimum atomic E-state index is -3.79. The normalized spacial score (nSPS) is 19.4. The standard InChI is InChI=1S/C8H13N3O4S/c1-11-6(8(14-2)4-15-5-8)3-7(10-11)16(9,12)13/h3H,4-5H2,1-2H3,(H2,9,12,13). The largest absolute Gasteiger partial charge is 0.374 e. The summed E-state index contributed by atoms with van der Waals surface area (Å²) in [7, 11) is -0.596. The number of nitrogens with zero attached hydrogens (tertiary/aromatic N) is 2. The summed E-state index contributed by atoms with van der Waals surface area (Å²) in [4.78, 5) is 0. The van der Waals surface area contributed by atoms with Crippen LogP contribution in [0.15, 0.2) is 11.1 Å². The van der Waals surface area contributed by atoms with Gasteiger partial charge in [-0.1, -0.05) is 0 Å². The van der Waals surface area contributed by atoms with E-state index >= 15 is 0 Å². The van der Waals surface area contributed by atoms with Gasteiger partial charge >= 0.3 is 0 Å². The summed E-state index contributed by atoms with van der Waals surface area (Å²) < 4.78 is 34.2. The molecule has 7 nitrogen and oxygen atoms in total. The third kappa shape index (κ3) is 1.63. The molecule has 0 bridgehead atoms. The first-order valence-corrected chi connectivity index (χ1v) is 6.14. The lowest BCUT2D eigenvalue weighted by molar-refractivity contribution is -0.206. The average Bonchev–Trinajstić information content (AvgIpc) is 2.47. The van der Waals surface area contributed by atoms with Crippen LogP contribution in [0.2, 0.25) is 0 Å². The van der Waals surface area contributed by atoms with Crippen molar-refractivity contribution < 1.29 is 17.9 Å². The van der Waals surface area contributed by atoms with Crippen LogP contribution in [0.3, 0.4) is 0 Å². The molecule has 2 rings (SSSR count). The van der Waals surface area contributed by atoms with Gasteiger partial charge in [0, 0.05) is 20.2 Å². The number of aryl methyl sites for hydroxylation is 1. The Morgan fingerprint density at radius 1 is 1.62 bits per heavy atom. The van der Waals surface area contributed by atoms with Gasteiger partial charge in [-0.05, 0) is 0 Å². The van der Waals surface area contributed by atoms with Crippen molar-refractivity contribution in [2.45, 2.75) is 10.6 Å². The molecule has 1 aromatic rings. The SMILES string of the molecule is COC1(c2cc(S(N)(=O)=O)nn2C)COC1. The predicted molar refractivity (Wildman–Crippen MR) is 54.1 cm³/mol. The molecule has 8 heteroatoms. The number of primary sulfonamides is 1. The molecule has 0 spiro atoms. The summed E-state index contributed by atoms with van der Waals surface area (Å²) >= 11 is 0. The third-order valence-electron chi connectivity index (χ3n) is 2.68. The number of methoxy groups -OCH3 is 1. The van der Waals surface area contributed by atoms with Gasteiger partial charge in [-0.25, -0.2) is 13.6 Å². The van der Waals surface area contributed by atoms with E-state index in [4.69, 9.17) is 14.6 Å². The van der Waals surface area contributed by atoms with Crippen molar-refractivity contribution in [2.24, 2.45) is 12.2 Å². The first-order valence-electron chi connectivity index (χ1n) is 4.59. The van der Waals surface area contributed by atoms with Crippen LogP contribution >= 0.6 is 0 Å². The molecule has 16 heavy (non-hydrogen) atoms. The summed E-state index contributed by atoms with van der Waals surface area (Å²) in [5, 5.41) is 8.69. The monoisotopic (exact) mass is 247 g/mol. The van der Waals surface area contributed by atoms with E-state index < -0.39 is 15.6 Å². The number of hydrogen-bond donors (Lipinski definition) is 1. The number of rotatable bonds is 3. The molecule has 1 aliphatic rings. The maximum Gasteiger partial charge on any atom is 0.257 e. The summed E-state index contributed by atoms with van der Waals surface area (Å²) in [5.74, 6) is 0. The lowest BCUT2D eigenvalue weighted by Crippen LogP contribution is -2.49. The second kappa shape index (κ2) is 3.52. The molecule has 0 aliphatic carbocycles. The van der Waals surface area contributed by atoms with Crippen molar-refractivity contribution in [3.8, 4) is 0 Å². The zero-order valence-corrected chi connectivity index (χ0v) is 9.82. The number of ether oxygens (including phenoxy) is 2. The van der Waals surface area contributed by atoms with Crippen LogP contribution in [0.1, 0.15) is 5.69 Å². The quantitative estimate of drug-likeness (QED) is 0.734. The zero-order chi connectivity index (χ0) is 12.0. The second-order valence-electron chi connectivity index (χ2n) is 3.73. The van der Waals surface area contributed by atoms with Crippen molar-refractivity contribution in [1.29, 1.82) is 0 Å². The molecule has 1 aliphatic heterocycles. The Hall–Kier alpha value is -0.960. The van der Waals surface area contributed by atoms with Crippen molar-refractivity contribution in [3.63, 3.8) is 0 Å². The van der Waals surface area contributed by atoms with Gasteiger partial charge in [-0.2, -0.15) is 5.10 Å². The van der Waals surface area contributed by atoms with E-state index in [1.54, 1.807) is 14.2 Å². The molecule has 1 fully saturated rings. The van der Waals surface area contributed by atoms with Crippen LogP contribution in [0, 0.1) is 0 Å². The van der Waals surface area contributed by atoms with E-state index in [9.17, 15) is 8.42 Å². The maximum atomic E-state index is 11.1. The van der Waals surface area contributed by atoms with Crippen molar-refractivity contribution in [2.75, 3.05) is 20.3 Å². The fourth-order valence-electron chi connectivity index (χ4n) is 1.66. The summed E-state index contributed by atoms with van der Waals surface area (Å²) in [6.45, 7) is 0.764. The molecule has 1 saturated heterocycles. The fourth-order valence-corrected chi connectivity index (χ4v) is 2.18. The summed E-state index contributed by atoms with van der Waals surface area (Å²) in [6, 6.07) is 1.42. The minimum absolute atomic E-state index is 0.159. The van der Waals surface area contributed by atoms with Gasteiger partial charge in [-0.15, -0.1) is 0 Å². The highest BCUT2D eigenvalue weighted by Gasteiger charge is 2.43. The highest BCUT2D eigenvalue weighted by atomic mass is 32.2. The van der Waals surface area contributed by atoms with Crippen LogP contribution in [0.5, 0.6) is 0 Å². The number of nitrogens with two attached hydrogens (primary N) is 1. The Labute approximate surface area is 93.2 Å². The second-order valence-corrected chi connectivity index (χ2v) is 5.24. The van der Waals surface area contributed by atoms with E-state index in [0.29, 0.717) is 18.9 Å². The number of aromatic nitrogens is 2. The van der Waals surface area contributed by atoms with E-state index in [1.807, 2.05) is 0 Å². The van der Waals surface area contributed by atoms with Gasteiger partial charge in [0.25, 0.3) is 10.0 Å². The Kier molecular flexibility index (Phi) is 2.54. The lowest BCUT2D eigenvalue weighted by Gasteiger charge is -2.39. The fraction of sp³-hybridized carbons (Fsp3) is 0.625. The van der Waals surface area contributed by atoms with Gasteiger partial charge < -0.3 is 9.47 Å². The van der Waals surface area contributed by atoms with Crippen LogP contribution in [0.4, 0.5) is 0 Å². The molecular weight excluding hydrogens is 234 g/mol. The highest BCUT2D eigenvalue weighted by molar-refractivity contribution is 7.89. The van der Waals surface area contributed by atoms with E-state index in [2.05, 4.69) is 5.10 Å². The van der Waals surface area contributed by atoms with Gasteiger partial charge in [0.2, 0.25) is 0 Å². The summed E-state index contributed by atoms with van der Waals surface area (Å²) in [5.41, 5.74) is 0.0373. The molecule has 0 aromatic carbocycles. The topological polar surface area (TPSA) is 96.4 Å². The number of hydrogen-bond acceptors (Lipinski definition) is 5. The Morgan fingerprint density at radius 3 is 2.56 bits per heavy atom. The molecule has 1 aromatic heterocycles. The van der Waals surface area contributed by atoms with Gasteiger partial charge in [0.15, 0.2) is 10.6 Å². The molecule has 2 N–H and O–H groups in total. The van der Waals surface area contributed by atoms with Crippen molar-refractivity contribution in [1.82, 2.24) is 9.78 Å². The van der Waals surface area contributed by atoms with Crippen LogP contribution in [-0.2, 0) is 32.1 Å². The Bertz CT molecular complexity index is 498. The molecule has 2 heterocycles. The molecule has 90 valence electrons. The van der Waals surface area contributed by atoms with Crippen molar-refractivity contribution >= 4 is 10.0 Å². The minimum Gasteiger partial charge on any atom is -0.374 e. The zero-order valence-electron chi connectivity index (χ0n) is 9.00. The molecular formula is C8H13N3O4S.